The number of nitrogens with zero attached hydrogens (tertiary/aromatic N) is 5. The molecule has 6 nitrogen and oxygen atoms in total. The van der Waals surface area contributed by atoms with Crippen molar-refractivity contribution < 1.29 is 4.79 Å². The van der Waals surface area contributed by atoms with Gasteiger partial charge >= 0.3 is 0 Å². The van der Waals surface area contributed by atoms with E-state index in [1.807, 2.05) is 30.3 Å². The summed E-state index contributed by atoms with van der Waals surface area (Å²) in [6, 6.07) is 11.2. The number of amides is 1. The highest BCUT2D eigenvalue weighted by atomic mass is 32.1. The van der Waals surface area contributed by atoms with Crippen molar-refractivity contribution >= 4 is 22.4 Å². The maximum Gasteiger partial charge on any atom is 0.251 e. The number of rotatable bonds is 3. The number of benzene rings is 1. The van der Waals surface area contributed by atoms with E-state index in [0.717, 1.165) is 12.0 Å². The number of hydrogen-bond acceptors (Lipinski definition) is 6. The van der Waals surface area contributed by atoms with Crippen LogP contribution in [0, 0.1) is 22.8 Å². The van der Waals surface area contributed by atoms with E-state index in [2.05, 4.69) is 17.2 Å². The molecule has 0 N–H and O–H groups in total. The SMILES string of the molecule is CN(C(=O)[C@@H]1CCCN1C#N)c1nc(-c2ccccc2)c(C#N)s1. The molecule has 1 aliphatic heterocycles. The standard InChI is InChI=1S/C17H15N5OS/c1-21(16(23)13-8-5-9-22(13)11-19)17-20-15(14(10-18)24-17)12-6-3-2-4-7-12/h2-4,6-7,13H,5,8-9H2,1H3/t13-/m0/s1. The lowest BCUT2D eigenvalue weighted by Crippen LogP contribution is -2.42. The molecule has 2 aromatic rings. The molecule has 0 bridgehead atoms. The summed E-state index contributed by atoms with van der Waals surface area (Å²) in [6.07, 6.45) is 3.56. The lowest BCUT2D eigenvalue weighted by Gasteiger charge is -2.22. The van der Waals surface area contributed by atoms with Crippen LogP contribution in [0.25, 0.3) is 11.3 Å². The average molecular weight is 337 g/mol. The molecular formula is C17H15N5OS. The molecule has 1 saturated heterocycles. The van der Waals surface area contributed by atoms with Gasteiger partial charge < -0.3 is 0 Å². The molecule has 1 amide bonds. The van der Waals surface area contributed by atoms with Gasteiger partial charge in [0.25, 0.3) is 5.91 Å². The van der Waals surface area contributed by atoms with Crippen LogP contribution in [0.15, 0.2) is 30.3 Å². The van der Waals surface area contributed by atoms with Gasteiger partial charge in [0.15, 0.2) is 11.3 Å². The molecule has 1 aliphatic rings. The van der Waals surface area contributed by atoms with E-state index in [1.165, 1.54) is 21.1 Å². The smallest absolute Gasteiger partial charge is 0.251 e. The van der Waals surface area contributed by atoms with Crippen LogP contribution in [0.1, 0.15) is 17.7 Å². The van der Waals surface area contributed by atoms with Crippen molar-refractivity contribution in [2.75, 3.05) is 18.5 Å². The highest BCUT2D eigenvalue weighted by Gasteiger charge is 2.33. The number of nitriles is 2. The number of likely N-dealkylation sites (N-methyl/N-ethyl adjacent to an activating group) is 1. The number of hydrogen-bond donors (Lipinski definition) is 0. The Bertz CT molecular complexity index is 833. The first-order valence-corrected chi connectivity index (χ1v) is 8.37. The topological polar surface area (TPSA) is 84.0 Å². The summed E-state index contributed by atoms with van der Waals surface area (Å²) in [5, 5.41) is 19.0. The number of thiazole rings is 1. The second-order valence-electron chi connectivity index (χ2n) is 5.50. The van der Waals surface area contributed by atoms with E-state index < -0.39 is 6.04 Å². The molecule has 0 aliphatic carbocycles. The van der Waals surface area contributed by atoms with Gasteiger partial charge in [-0.2, -0.15) is 10.5 Å². The quantitative estimate of drug-likeness (QED) is 0.804. The summed E-state index contributed by atoms with van der Waals surface area (Å²) in [5.41, 5.74) is 1.43. The molecule has 7 heteroatoms. The average Bonchev–Trinajstić information content (AvgIpc) is 3.27. The first-order chi connectivity index (χ1) is 11.7. The van der Waals surface area contributed by atoms with Gasteiger partial charge in [-0.25, -0.2) is 4.98 Å². The summed E-state index contributed by atoms with van der Waals surface area (Å²) in [5.74, 6) is -0.160. The summed E-state index contributed by atoms with van der Waals surface area (Å²) in [4.78, 5) is 20.6. The molecule has 24 heavy (non-hydrogen) atoms. The zero-order valence-electron chi connectivity index (χ0n) is 13.1. The molecule has 1 aromatic heterocycles. The minimum atomic E-state index is -0.436. The van der Waals surface area contributed by atoms with Crippen LogP contribution in [0.3, 0.4) is 0 Å². The maximum absolute atomic E-state index is 12.7. The first-order valence-electron chi connectivity index (χ1n) is 7.56. The molecular weight excluding hydrogens is 322 g/mol. The fourth-order valence-corrected chi connectivity index (χ4v) is 3.63. The van der Waals surface area contributed by atoms with E-state index >= 15 is 0 Å². The Morgan fingerprint density at radius 1 is 1.38 bits per heavy atom. The van der Waals surface area contributed by atoms with Gasteiger partial charge in [0.1, 0.15) is 22.7 Å². The Hall–Kier alpha value is -2.90. The van der Waals surface area contributed by atoms with Crippen LogP contribution in [-0.2, 0) is 4.79 Å². The molecule has 0 unspecified atom stereocenters. The van der Waals surface area contributed by atoms with Crippen LogP contribution in [0.5, 0.6) is 0 Å². The zero-order valence-corrected chi connectivity index (χ0v) is 14.0. The summed E-state index contributed by atoms with van der Waals surface area (Å²) >= 11 is 1.19. The molecule has 120 valence electrons. The molecule has 1 aromatic carbocycles. The van der Waals surface area contributed by atoms with Crippen molar-refractivity contribution in [2.45, 2.75) is 18.9 Å². The first kappa shape index (κ1) is 16.0. The minimum absolute atomic E-state index is 0.160. The third kappa shape index (κ3) is 2.82. The fourth-order valence-electron chi connectivity index (χ4n) is 2.78. The molecule has 2 heterocycles. The van der Waals surface area contributed by atoms with Crippen LogP contribution in [0.2, 0.25) is 0 Å². The lowest BCUT2D eigenvalue weighted by atomic mass is 10.1. The summed E-state index contributed by atoms with van der Waals surface area (Å²) in [7, 11) is 1.64. The van der Waals surface area contributed by atoms with E-state index in [-0.39, 0.29) is 5.91 Å². The van der Waals surface area contributed by atoms with Crippen molar-refractivity contribution in [1.29, 1.82) is 10.5 Å². The number of carbonyl (C=O) groups is 1. The van der Waals surface area contributed by atoms with Crippen molar-refractivity contribution in [3.63, 3.8) is 0 Å². The molecule has 3 rings (SSSR count). The number of carbonyl (C=O) groups excluding carboxylic acids is 1. The van der Waals surface area contributed by atoms with Gasteiger partial charge in [0, 0.05) is 19.2 Å². The number of likely N-dealkylation sites (tertiary alicyclic amines) is 1. The van der Waals surface area contributed by atoms with Gasteiger partial charge in [0.2, 0.25) is 0 Å². The van der Waals surface area contributed by atoms with E-state index in [1.54, 1.807) is 7.05 Å². The van der Waals surface area contributed by atoms with Gasteiger partial charge in [0.05, 0.1) is 0 Å². The Labute approximate surface area is 144 Å². The van der Waals surface area contributed by atoms with Crippen LogP contribution >= 0.6 is 11.3 Å². The summed E-state index contributed by atoms with van der Waals surface area (Å²) in [6.45, 7) is 0.608. The largest absolute Gasteiger partial charge is 0.298 e. The van der Waals surface area contributed by atoms with Crippen LogP contribution in [-0.4, -0.2) is 35.4 Å². The number of anilines is 1. The van der Waals surface area contributed by atoms with Crippen molar-refractivity contribution in [2.24, 2.45) is 0 Å². The highest BCUT2D eigenvalue weighted by molar-refractivity contribution is 7.16. The van der Waals surface area contributed by atoms with E-state index in [9.17, 15) is 10.1 Å². The molecule has 0 saturated carbocycles. The Morgan fingerprint density at radius 2 is 2.12 bits per heavy atom. The fraction of sp³-hybridized carbons (Fsp3) is 0.294. The van der Waals surface area contributed by atoms with E-state index in [0.29, 0.717) is 28.7 Å². The predicted molar refractivity (Wildman–Crippen MR) is 91.0 cm³/mol. The maximum atomic E-state index is 12.7. The van der Waals surface area contributed by atoms with Gasteiger partial charge in [-0.1, -0.05) is 41.7 Å². The molecule has 0 radical (unpaired) electrons. The van der Waals surface area contributed by atoms with Gasteiger partial charge in [-0.05, 0) is 12.8 Å². The second-order valence-corrected chi connectivity index (χ2v) is 6.48. The molecule has 0 spiro atoms. The van der Waals surface area contributed by atoms with Crippen LogP contribution in [0.4, 0.5) is 5.13 Å². The Kier molecular flexibility index (Phi) is 4.45. The lowest BCUT2D eigenvalue weighted by molar-refractivity contribution is -0.121. The third-order valence-electron chi connectivity index (χ3n) is 4.05. The van der Waals surface area contributed by atoms with Crippen molar-refractivity contribution in [3.8, 4) is 23.5 Å². The normalized spacial score (nSPS) is 16.5. The zero-order chi connectivity index (χ0) is 17.1. The highest BCUT2D eigenvalue weighted by Crippen LogP contribution is 2.33. The molecule has 1 atom stereocenters. The van der Waals surface area contributed by atoms with Crippen molar-refractivity contribution in [1.82, 2.24) is 9.88 Å². The molecule has 1 fully saturated rings. The third-order valence-corrected chi connectivity index (χ3v) is 5.08. The van der Waals surface area contributed by atoms with Crippen molar-refractivity contribution in [3.05, 3.63) is 35.2 Å². The second kappa shape index (κ2) is 6.69. The number of aromatic nitrogens is 1. The Balaban J connectivity index is 1.90. The monoisotopic (exact) mass is 337 g/mol. The Morgan fingerprint density at radius 3 is 2.79 bits per heavy atom. The summed E-state index contributed by atoms with van der Waals surface area (Å²) < 4.78 is 0. The predicted octanol–water partition coefficient (Wildman–Crippen LogP) is 2.59. The van der Waals surface area contributed by atoms with Crippen LogP contribution < -0.4 is 4.90 Å². The van der Waals surface area contributed by atoms with E-state index in [4.69, 9.17) is 5.26 Å². The minimum Gasteiger partial charge on any atom is -0.298 e. The van der Waals surface area contributed by atoms with Gasteiger partial charge in [-0.3, -0.25) is 14.6 Å². The van der Waals surface area contributed by atoms with Gasteiger partial charge in [-0.15, -0.1) is 0 Å².